The second-order valence-corrected chi connectivity index (χ2v) is 3.13. The number of rotatable bonds is 3. The molecule has 15 heavy (non-hydrogen) atoms. The topological polar surface area (TPSA) is 81.0 Å². The van der Waals surface area contributed by atoms with Crippen LogP contribution in [-0.2, 0) is 0 Å². The molecule has 0 saturated heterocycles. The van der Waals surface area contributed by atoms with E-state index in [-0.39, 0.29) is 23.6 Å². The number of phenolic OH excluding ortho intramolecular Hbond substituents is 2. The number of nitrogens with zero attached hydrogens (tertiary/aromatic N) is 1. The first-order valence-corrected chi connectivity index (χ1v) is 4.59. The lowest BCUT2D eigenvalue weighted by Crippen LogP contribution is -2.28. The minimum absolute atomic E-state index is 0.0382. The van der Waals surface area contributed by atoms with Gasteiger partial charge in [0.05, 0.1) is 5.56 Å². The molecule has 0 unspecified atom stereocenters. The summed E-state index contributed by atoms with van der Waals surface area (Å²) in [7, 11) is 0. The van der Waals surface area contributed by atoms with Crippen LogP contribution in [0.1, 0.15) is 23.7 Å². The zero-order valence-electron chi connectivity index (χ0n) is 8.34. The van der Waals surface area contributed by atoms with Crippen molar-refractivity contribution in [3.8, 4) is 11.5 Å². The van der Waals surface area contributed by atoms with Gasteiger partial charge in [-0.25, -0.2) is 5.06 Å². The molecule has 0 heterocycles. The fourth-order valence-electron chi connectivity index (χ4n) is 1.15. The van der Waals surface area contributed by atoms with E-state index in [0.29, 0.717) is 11.5 Å². The predicted octanol–water partition coefficient (Wildman–Crippen LogP) is 1.34. The van der Waals surface area contributed by atoms with Crippen LogP contribution in [0.25, 0.3) is 0 Å². The molecule has 0 aliphatic carbocycles. The number of hydrogen-bond acceptors (Lipinski definition) is 4. The van der Waals surface area contributed by atoms with E-state index < -0.39 is 5.91 Å². The number of aromatic hydroxyl groups is 2. The van der Waals surface area contributed by atoms with E-state index in [2.05, 4.69) is 0 Å². The number of hydroxylamine groups is 2. The summed E-state index contributed by atoms with van der Waals surface area (Å²) in [5.41, 5.74) is -0.0382. The summed E-state index contributed by atoms with van der Waals surface area (Å²) in [5, 5.41) is 28.2. The van der Waals surface area contributed by atoms with Crippen molar-refractivity contribution in [2.75, 3.05) is 6.54 Å². The predicted molar refractivity (Wildman–Crippen MR) is 52.9 cm³/mol. The molecule has 5 nitrogen and oxygen atoms in total. The van der Waals surface area contributed by atoms with Crippen LogP contribution in [0.15, 0.2) is 18.2 Å². The van der Waals surface area contributed by atoms with Crippen molar-refractivity contribution in [1.29, 1.82) is 0 Å². The minimum atomic E-state index is -0.686. The number of amides is 1. The van der Waals surface area contributed by atoms with Gasteiger partial charge in [-0.05, 0) is 18.6 Å². The first-order chi connectivity index (χ1) is 7.06. The van der Waals surface area contributed by atoms with Crippen molar-refractivity contribution in [1.82, 2.24) is 5.06 Å². The zero-order valence-corrected chi connectivity index (χ0v) is 8.34. The van der Waals surface area contributed by atoms with Gasteiger partial charge in [0.2, 0.25) is 0 Å². The number of carbonyl (C=O) groups is 1. The Morgan fingerprint density at radius 2 is 2.07 bits per heavy atom. The van der Waals surface area contributed by atoms with Crippen molar-refractivity contribution >= 4 is 5.91 Å². The molecule has 82 valence electrons. The Hall–Kier alpha value is -1.75. The van der Waals surface area contributed by atoms with Crippen LogP contribution in [0.4, 0.5) is 0 Å². The maximum atomic E-state index is 11.5. The maximum absolute atomic E-state index is 11.5. The van der Waals surface area contributed by atoms with E-state index in [0.717, 1.165) is 6.07 Å². The molecule has 5 heteroatoms. The van der Waals surface area contributed by atoms with Gasteiger partial charge in [0.25, 0.3) is 5.91 Å². The van der Waals surface area contributed by atoms with Crippen LogP contribution in [-0.4, -0.2) is 32.9 Å². The van der Waals surface area contributed by atoms with Gasteiger partial charge >= 0.3 is 0 Å². The van der Waals surface area contributed by atoms with Crippen molar-refractivity contribution in [3.05, 3.63) is 23.8 Å². The Bertz CT molecular complexity index is 364. The molecule has 0 atom stereocenters. The van der Waals surface area contributed by atoms with Gasteiger partial charge in [0, 0.05) is 12.6 Å². The molecular weight excluding hydrogens is 198 g/mol. The largest absolute Gasteiger partial charge is 0.508 e. The Balaban J connectivity index is 2.91. The zero-order chi connectivity index (χ0) is 11.4. The first kappa shape index (κ1) is 11.3. The monoisotopic (exact) mass is 211 g/mol. The molecular formula is C10H13NO4. The summed E-state index contributed by atoms with van der Waals surface area (Å²) in [6.07, 6.45) is 0.612. The number of phenols is 2. The van der Waals surface area contributed by atoms with Crippen molar-refractivity contribution in [2.24, 2.45) is 0 Å². The van der Waals surface area contributed by atoms with Crippen molar-refractivity contribution < 1.29 is 20.2 Å². The smallest absolute Gasteiger partial charge is 0.280 e. The van der Waals surface area contributed by atoms with Crippen LogP contribution in [0, 0.1) is 0 Å². The average molecular weight is 211 g/mol. The fraction of sp³-hybridized carbons (Fsp3) is 0.300. The molecule has 0 fully saturated rings. The Kier molecular flexibility index (Phi) is 3.51. The maximum Gasteiger partial charge on any atom is 0.280 e. The molecule has 0 saturated carbocycles. The SMILES string of the molecule is CCCN(O)C(=O)c1ccc(O)cc1O. The van der Waals surface area contributed by atoms with Gasteiger partial charge in [-0.3, -0.25) is 10.0 Å². The van der Waals surface area contributed by atoms with E-state index in [1.165, 1.54) is 12.1 Å². The summed E-state index contributed by atoms with van der Waals surface area (Å²) in [6.45, 7) is 2.01. The molecule has 1 amide bonds. The van der Waals surface area contributed by atoms with E-state index in [4.69, 9.17) is 5.11 Å². The minimum Gasteiger partial charge on any atom is -0.508 e. The number of carbonyl (C=O) groups excluding carboxylic acids is 1. The van der Waals surface area contributed by atoms with Crippen molar-refractivity contribution in [3.63, 3.8) is 0 Å². The summed E-state index contributed by atoms with van der Waals surface area (Å²) in [6, 6.07) is 3.58. The molecule has 0 radical (unpaired) electrons. The lowest BCUT2D eigenvalue weighted by Gasteiger charge is -2.14. The van der Waals surface area contributed by atoms with Gasteiger partial charge < -0.3 is 10.2 Å². The second-order valence-electron chi connectivity index (χ2n) is 3.13. The molecule has 0 aliphatic rings. The number of benzene rings is 1. The Morgan fingerprint density at radius 3 is 2.60 bits per heavy atom. The standard InChI is InChI=1S/C10H13NO4/c1-2-5-11(15)10(14)8-4-3-7(12)6-9(8)13/h3-4,6,12-13,15H,2,5H2,1H3. The van der Waals surface area contributed by atoms with E-state index >= 15 is 0 Å². The lowest BCUT2D eigenvalue weighted by atomic mass is 10.1. The third kappa shape index (κ3) is 2.60. The molecule has 1 rings (SSSR count). The van der Waals surface area contributed by atoms with E-state index in [9.17, 15) is 15.1 Å². The summed E-state index contributed by atoms with van der Waals surface area (Å²) in [5.74, 6) is -1.17. The van der Waals surface area contributed by atoms with Crippen LogP contribution >= 0.6 is 0 Å². The van der Waals surface area contributed by atoms with Gasteiger partial charge in [-0.1, -0.05) is 6.92 Å². The molecule has 0 spiro atoms. The Labute approximate surface area is 87.1 Å². The molecule has 1 aromatic carbocycles. The highest BCUT2D eigenvalue weighted by Crippen LogP contribution is 2.23. The third-order valence-corrected chi connectivity index (χ3v) is 1.88. The number of hydrogen-bond donors (Lipinski definition) is 3. The van der Waals surface area contributed by atoms with Crippen LogP contribution in [0.5, 0.6) is 11.5 Å². The Morgan fingerprint density at radius 1 is 1.40 bits per heavy atom. The quantitative estimate of drug-likeness (QED) is 0.520. The van der Waals surface area contributed by atoms with Gasteiger partial charge in [-0.2, -0.15) is 0 Å². The summed E-state index contributed by atoms with van der Waals surface area (Å²) >= 11 is 0. The fourth-order valence-corrected chi connectivity index (χ4v) is 1.15. The van der Waals surface area contributed by atoms with E-state index in [1.807, 2.05) is 6.92 Å². The normalized spacial score (nSPS) is 10.0. The highest BCUT2D eigenvalue weighted by Gasteiger charge is 2.16. The van der Waals surface area contributed by atoms with Gasteiger partial charge in [0.15, 0.2) is 0 Å². The molecule has 0 aliphatic heterocycles. The summed E-state index contributed by atoms with van der Waals surface area (Å²) < 4.78 is 0. The highest BCUT2D eigenvalue weighted by atomic mass is 16.5. The summed E-state index contributed by atoms with van der Waals surface area (Å²) in [4.78, 5) is 11.5. The molecule has 3 N–H and O–H groups in total. The average Bonchev–Trinajstić information content (AvgIpc) is 2.17. The second kappa shape index (κ2) is 4.65. The van der Waals surface area contributed by atoms with Gasteiger partial charge in [0.1, 0.15) is 11.5 Å². The third-order valence-electron chi connectivity index (χ3n) is 1.88. The molecule has 0 bridgehead atoms. The van der Waals surface area contributed by atoms with Crippen molar-refractivity contribution in [2.45, 2.75) is 13.3 Å². The van der Waals surface area contributed by atoms with Crippen LogP contribution in [0.2, 0.25) is 0 Å². The molecule has 1 aromatic rings. The van der Waals surface area contributed by atoms with Crippen LogP contribution < -0.4 is 0 Å². The first-order valence-electron chi connectivity index (χ1n) is 4.59. The van der Waals surface area contributed by atoms with E-state index in [1.54, 1.807) is 0 Å². The van der Waals surface area contributed by atoms with Crippen LogP contribution in [0.3, 0.4) is 0 Å². The molecule has 0 aromatic heterocycles. The lowest BCUT2D eigenvalue weighted by molar-refractivity contribution is -0.0580. The highest BCUT2D eigenvalue weighted by molar-refractivity contribution is 5.96. The van der Waals surface area contributed by atoms with Gasteiger partial charge in [-0.15, -0.1) is 0 Å².